The van der Waals surface area contributed by atoms with Crippen LogP contribution in [0.5, 0.6) is 17.2 Å². The van der Waals surface area contributed by atoms with E-state index in [2.05, 4.69) is 0 Å². The summed E-state index contributed by atoms with van der Waals surface area (Å²) in [4.78, 5) is 11.7. The Morgan fingerprint density at radius 3 is 2.75 bits per heavy atom. The van der Waals surface area contributed by atoms with Crippen LogP contribution in [0.3, 0.4) is 0 Å². The van der Waals surface area contributed by atoms with Crippen molar-refractivity contribution >= 4 is 5.78 Å². The first kappa shape index (κ1) is 10.7. The molecule has 20 heavy (non-hydrogen) atoms. The van der Waals surface area contributed by atoms with Crippen molar-refractivity contribution in [1.82, 2.24) is 0 Å². The fourth-order valence-electron chi connectivity index (χ4n) is 3.28. The van der Waals surface area contributed by atoms with E-state index >= 15 is 0 Å². The number of hydrogen-bond acceptors (Lipinski definition) is 6. The van der Waals surface area contributed by atoms with Crippen molar-refractivity contribution in [1.29, 1.82) is 0 Å². The van der Waals surface area contributed by atoms with Gasteiger partial charge in [0.1, 0.15) is 5.75 Å². The molecule has 3 aliphatic heterocycles. The second-order valence-electron chi connectivity index (χ2n) is 5.18. The summed E-state index contributed by atoms with van der Waals surface area (Å²) in [5.41, 5.74) is -0.0694. The zero-order chi connectivity index (χ0) is 13.4. The van der Waals surface area contributed by atoms with Gasteiger partial charge in [0.15, 0.2) is 29.7 Å². The standard InChI is InChI=1S/C14H10O6/c15-8-1-2-13-9-3-11-12(17-6-16-11)4-10(9)20-14(13,5-8)19-7-18-13/h1-4H,5-7H2/t13-,14+/m0/s1. The third-order valence-corrected chi connectivity index (χ3v) is 4.21. The Morgan fingerprint density at radius 1 is 1.00 bits per heavy atom. The zero-order valence-corrected chi connectivity index (χ0v) is 10.4. The van der Waals surface area contributed by atoms with E-state index in [-0.39, 0.29) is 25.8 Å². The summed E-state index contributed by atoms with van der Waals surface area (Å²) in [6.45, 7) is 0.285. The van der Waals surface area contributed by atoms with E-state index in [1.807, 2.05) is 6.07 Å². The quantitative estimate of drug-likeness (QED) is 0.709. The molecule has 102 valence electrons. The lowest BCUT2D eigenvalue weighted by molar-refractivity contribution is -0.173. The maximum Gasteiger partial charge on any atom is 0.257 e. The van der Waals surface area contributed by atoms with Crippen LogP contribution < -0.4 is 14.2 Å². The van der Waals surface area contributed by atoms with Gasteiger partial charge in [-0.25, -0.2) is 0 Å². The summed E-state index contributed by atoms with van der Waals surface area (Å²) in [5, 5.41) is 0. The van der Waals surface area contributed by atoms with Crippen LogP contribution in [0.15, 0.2) is 24.3 Å². The Bertz CT molecular complexity index is 680. The number of ketones is 1. The smallest absolute Gasteiger partial charge is 0.257 e. The minimum absolute atomic E-state index is 0.0426. The Labute approximate surface area is 113 Å². The van der Waals surface area contributed by atoms with Crippen molar-refractivity contribution in [3.63, 3.8) is 0 Å². The molecule has 1 aliphatic carbocycles. The number of allylic oxidation sites excluding steroid dienone is 1. The predicted molar refractivity (Wildman–Crippen MR) is 63.4 cm³/mol. The third-order valence-electron chi connectivity index (χ3n) is 4.21. The maximum absolute atomic E-state index is 11.7. The molecule has 1 aromatic carbocycles. The molecule has 6 nitrogen and oxygen atoms in total. The van der Waals surface area contributed by atoms with E-state index < -0.39 is 11.4 Å². The molecule has 4 aliphatic rings. The van der Waals surface area contributed by atoms with Crippen LogP contribution in [0.1, 0.15) is 12.0 Å². The number of carbonyl (C=O) groups is 1. The largest absolute Gasteiger partial charge is 0.457 e. The van der Waals surface area contributed by atoms with Gasteiger partial charge in [-0.3, -0.25) is 4.79 Å². The first-order valence-electron chi connectivity index (χ1n) is 6.36. The lowest BCUT2D eigenvalue weighted by atomic mass is 9.80. The summed E-state index contributed by atoms with van der Waals surface area (Å²) in [7, 11) is 0. The molecule has 0 amide bonds. The van der Waals surface area contributed by atoms with E-state index in [1.54, 1.807) is 12.1 Å². The second-order valence-corrected chi connectivity index (χ2v) is 5.18. The molecule has 1 fully saturated rings. The van der Waals surface area contributed by atoms with Crippen LogP contribution in [0.2, 0.25) is 0 Å². The topological polar surface area (TPSA) is 63.2 Å². The van der Waals surface area contributed by atoms with Crippen molar-refractivity contribution in [3.05, 3.63) is 29.8 Å². The normalized spacial score (nSPS) is 35.5. The van der Waals surface area contributed by atoms with Gasteiger partial charge in [-0.15, -0.1) is 0 Å². The number of carbonyl (C=O) groups excluding carboxylic acids is 1. The van der Waals surface area contributed by atoms with Gasteiger partial charge in [-0.2, -0.15) is 0 Å². The van der Waals surface area contributed by atoms with Gasteiger partial charge < -0.3 is 23.7 Å². The first-order chi connectivity index (χ1) is 9.72. The van der Waals surface area contributed by atoms with Crippen molar-refractivity contribution in [2.24, 2.45) is 0 Å². The minimum atomic E-state index is -1.10. The molecule has 0 radical (unpaired) electrons. The van der Waals surface area contributed by atoms with Gasteiger partial charge in [-0.1, -0.05) is 0 Å². The van der Waals surface area contributed by atoms with Gasteiger partial charge in [0, 0.05) is 11.6 Å². The molecule has 1 saturated heterocycles. The van der Waals surface area contributed by atoms with Crippen LogP contribution in [-0.4, -0.2) is 25.2 Å². The van der Waals surface area contributed by atoms with E-state index in [0.29, 0.717) is 17.2 Å². The molecule has 0 spiro atoms. The van der Waals surface area contributed by atoms with Crippen molar-refractivity contribution in [3.8, 4) is 17.2 Å². The van der Waals surface area contributed by atoms with E-state index in [1.165, 1.54) is 6.08 Å². The van der Waals surface area contributed by atoms with E-state index in [9.17, 15) is 4.79 Å². The van der Waals surface area contributed by atoms with Crippen LogP contribution in [-0.2, 0) is 19.9 Å². The maximum atomic E-state index is 11.7. The summed E-state index contributed by atoms with van der Waals surface area (Å²) in [6.07, 6.45) is 3.38. The van der Waals surface area contributed by atoms with Crippen LogP contribution in [0.25, 0.3) is 0 Å². The number of benzene rings is 1. The fraction of sp³-hybridized carbons (Fsp3) is 0.357. The minimum Gasteiger partial charge on any atom is -0.457 e. The Hall–Kier alpha value is -2.05. The fourth-order valence-corrected chi connectivity index (χ4v) is 3.28. The van der Waals surface area contributed by atoms with Gasteiger partial charge in [0.05, 0.1) is 6.42 Å². The highest BCUT2D eigenvalue weighted by Gasteiger charge is 2.67. The SMILES string of the molecule is O=C1C=C[C@@]23OCO[C@]2(C1)Oc1cc2c(cc13)OCO2. The number of hydrogen-bond donors (Lipinski definition) is 0. The molecule has 0 unspecified atom stereocenters. The Morgan fingerprint density at radius 2 is 1.85 bits per heavy atom. The molecule has 0 N–H and O–H groups in total. The average molecular weight is 274 g/mol. The summed E-state index contributed by atoms with van der Waals surface area (Å²) < 4.78 is 28.2. The van der Waals surface area contributed by atoms with Crippen LogP contribution >= 0.6 is 0 Å². The molecule has 0 bridgehead atoms. The van der Waals surface area contributed by atoms with Gasteiger partial charge >= 0.3 is 0 Å². The van der Waals surface area contributed by atoms with Crippen LogP contribution in [0.4, 0.5) is 0 Å². The zero-order valence-electron chi connectivity index (χ0n) is 10.4. The van der Waals surface area contributed by atoms with Crippen molar-refractivity contribution in [2.75, 3.05) is 13.6 Å². The summed E-state index contributed by atoms with van der Waals surface area (Å²) in [6, 6.07) is 3.60. The molecule has 2 atom stereocenters. The molecular weight excluding hydrogens is 264 g/mol. The monoisotopic (exact) mass is 274 g/mol. The van der Waals surface area contributed by atoms with Gasteiger partial charge in [0.2, 0.25) is 6.79 Å². The van der Waals surface area contributed by atoms with Crippen molar-refractivity contribution < 1.29 is 28.5 Å². The Balaban J connectivity index is 1.77. The molecule has 5 rings (SSSR count). The van der Waals surface area contributed by atoms with Gasteiger partial charge in [0.25, 0.3) is 5.79 Å². The van der Waals surface area contributed by atoms with Crippen LogP contribution in [0, 0.1) is 0 Å². The number of rotatable bonds is 0. The second kappa shape index (κ2) is 3.16. The summed E-state index contributed by atoms with van der Waals surface area (Å²) in [5.74, 6) is 0.741. The molecule has 1 aromatic rings. The predicted octanol–water partition coefficient (Wildman–Crippen LogP) is 1.23. The van der Waals surface area contributed by atoms with Crippen molar-refractivity contribution in [2.45, 2.75) is 17.8 Å². The molecule has 6 heteroatoms. The molecule has 0 aromatic heterocycles. The Kier molecular flexibility index (Phi) is 1.69. The highest BCUT2D eigenvalue weighted by Crippen LogP contribution is 2.59. The van der Waals surface area contributed by atoms with Gasteiger partial charge in [-0.05, 0) is 18.2 Å². The van der Waals surface area contributed by atoms with E-state index in [0.717, 1.165) is 5.56 Å². The van der Waals surface area contributed by atoms with E-state index in [4.69, 9.17) is 23.7 Å². The lowest BCUT2D eigenvalue weighted by Gasteiger charge is -2.35. The number of fused-ring (bicyclic) bond motifs is 2. The molecule has 3 heterocycles. The number of ether oxygens (including phenoxy) is 5. The third kappa shape index (κ3) is 1.03. The first-order valence-corrected chi connectivity index (χ1v) is 6.36. The lowest BCUT2D eigenvalue weighted by Crippen LogP contribution is -2.51. The highest BCUT2D eigenvalue weighted by atomic mass is 16.8. The molecule has 0 saturated carbocycles. The summed E-state index contributed by atoms with van der Waals surface area (Å²) >= 11 is 0. The highest BCUT2D eigenvalue weighted by molar-refractivity contribution is 5.92. The average Bonchev–Trinajstić information content (AvgIpc) is 3.06. The molecular formula is C14H10O6.